The Labute approximate surface area is 188 Å². The van der Waals surface area contributed by atoms with Crippen LogP contribution in [0.4, 0.5) is 8.78 Å². The first-order valence-corrected chi connectivity index (χ1v) is 11.2. The molecule has 0 spiro atoms. The summed E-state index contributed by atoms with van der Waals surface area (Å²) in [5.74, 6) is -1.96. The van der Waals surface area contributed by atoms with Crippen LogP contribution in [0.5, 0.6) is 0 Å². The number of hydrogen-bond donors (Lipinski definition) is 1. The van der Waals surface area contributed by atoms with Gasteiger partial charge in [0.15, 0.2) is 0 Å². The van der Waals surface area contributed by atoms with Gasteiger partial charge in [0, 0.05) is 23.1 Å². The Morgan fingerprint density at radius 3 is 2.70 bits per heavy atom. The van der Waals surface area contributed by atoms with E-state index in [4.69, 9.17) is 4.74 Å². The van der Waals surface area contributed by atoms with Crippen LogP contribution in [-0.2, 0) is 34.7 Å². The number of carbonyl (C=O) groups excluding carboxylic acids is 1. The van der Waals surface area contributed by atoms with Crippen molar-refractivity contribution in [1.82, 2.24) is 9.55 Å². The molecule has 0 radical (unpaired) electrons. The molecule has 8 heteroatoms. The minimum atomic E-state index is -1.54. The van der Waals surface area contributed by atoms with Crippen LogP contribution in [0.3, 0.4) is 0 Å². The molecule has 5 rings (SSSR count). The zero-order valence-electron chi connectivity index (χ0n) is 18.5. The summed E-state index contributed by atoms with van der Waals surface area (Å²) in [5, 5.41) is 11.5. The lowest BCUT2D eigenvalue weighted by molar-refractivity contribution is -0.149. The first-order valence-electron chi connectivity index (χ1n) is 11.2. The third-order valence-electron chi connectivity index (χ3n) is 6.86. The second-order valence-corrected chi connectivity index (χ2v) is 8.84. The van der Waals surface area contributed by atoms with Crippen molar-refractivity contribution in [2.75, 3.05) is 0 Å². The maximum atomic E-state index is 14.9. The Morgan fingerprint density at radius 2 is 1.97 bits per heavy atom. The molecular weight excluding hydrogens is 430 g/mol. The summed E-state index contributed by atoms with van der Waals surface area (Å²) in [5.41, 5.74) is 1.27. The molecule has 0 saturated carbocycles. The van der Waals surface area contributed by atoms with Gasteiger partial charge < -0.3 is 14.4 Å². The SMILES string of the molecule is CCCCc1c2c(nc3cc(F)cc(F)c13)-c1cc3c(c(=O)n1C2)COC(=O)C[C@]3(O)CC. The van der Waals surface area contributed by atoms with Crippen LogP contribution in [0.1, 0.15) is 61.8 Å². The first-order chi connectivity index (χ1) is 15.8. The third kappa shape index (κ3) is 3.27. The van der Waals surface area contributed by atoms with Crippen LogP contribution in [0.25, 0.3) is 22.3 Å². The van der Waals surface area contributed by atoms with E-state index in [0.717, 1.165) is 30.0 Å². The summed E-state index contributed by atoms with van der Waals surface area (Å²) < 4.78 is 35.6. The van der Waals surface area contributed by atoms with E-state index in [1.807, 2.05) is 6.92 Å². The highest BCUT2D eigenvalue weighted by Crippen LogP contribution is 2.41. The Bertz CT molecular complexity index is 1380. The molecule has 0 unspecified atom stereocenters. The van der Waals surface area contributed by atoms with Crippen LogP contribution in [0.2, 0.25) is 0 Å². The zero-order chi connectivity index (χ0) is 23.5. The van der Waals surface area contributed by atoms with Crippen molar-refractivity contribution >= 4 is 16.9 Å². The number of aryl methyl sites for hydroxylation is 1. The number of aromatic nitrogens is 2. The summed E-state index contributed by atoms with van der Waals surface area (Å²) in [6, 6.07) is 3.75. The van der Waals surface area contributed by atoms with Gasteiger partial charge in [-0.15, -0.1) is 0 Å². The molecule has 6 nitrogen and oxygen atoms in total. The molecule has 0 amide bonds. The fourth-order valence-corrected chi connectivity index (χ4v) is 5.05. The van der Waals surface area contributed by atoms with E-state index in [1.165, 1.54) is 10.6 Å². The van der Waals surface area contributed by atoms with Crippen LogP contribution in [-0.4, -0.2) is 20.6 Å². The highest BCUT2D eigenvalue weighted by Gasteiger charge is 2.39. The molecule has 4 heterocycles. The Hall–Kier alpha value is -3.13. The average molecular weight is 454 g/mol. The quantitative estimate of drug-likeness (QED) is 0.470. The van der Waals surface area contributed by atoms with Crippen molar-refractivity contribution in [3.8, 4) is 11.4 Å². The van der Waals surface area contributed by atoms with Gasteiger partial charge in [0.1, 0.15) is 23.8 Å². The predicted octanol–water partition coefficient (Wildman–Crippen LogP) is 4.09. The second-order valence-electron chi connectivity index (χ2n) is 8.84. The number of pyridine rings is 2. The van der Waals surface area contributed by atoms with Crippen molar-refractivity contribution < 1.29 is 23.4 Å². The summed E-state index contributed by atoms with van der Waals surface area (Å²) in [6.45, 7) is 3.74. The lowest BCUT2D eigenvalue weighted by atomic mass is 9.85. The molecule has 2 aliphatic heterocycles. The van der Waals surface area contributed by atoms with Crippen molar-refractivity contribution in [2.45, 2.75) is 64.7 Å². The number of esters is 1. The summed E-state index contributed by atoms with van der Waals surface area (Å²) in [4.78, 5) is 30.1. The van der Waals surface area contributed by atoms with E-state index in [2.05, 4.69) is 4.98 Å². The molecule has 0 fully saturated rings. The van der Waals surface area contributed by atoms with Crippen molar-refractivity contribution in [3.63, 3.8) is 0 Å². The van der Waals surface area contributed by atoms with Crippen LogP contribution < -0.4 is 5.56 Å². The molecule has 3 aromatic rings. The predicted molar refractivity (Wildman–Crippen MR) is 118 cm³/mol. The summed E-state index contributed by atoms with van der Waals surface area (Å²) >= 11 is 0. The zero-order valence-corrected chi connectivity index (χ0v) is 18.5. The Kier molecular flexibility index (Phi) is 5.08. The number of unbranched alkanes of at least 4 members (excludes halogenated alkanes) is 1. The van der Waals surface area contributed by atoms with Gasteiger partial charge in [-0.05, 0) is 36.5 Å². The van der Waals surface area contributed by atoms with E-state index in [1.54, 1.807) is 13.0 Å². The Balaban J connectivity index is 1.81. The number of nitrogens with zero attached hydrogens (tertiary/aromatic N) is 2. The van der Waals surface area contributed by atoms with Gasteiger partial charge in [0.25, 0.3) is 5.56 Å². The number of benzene rings is 1. The number of aliphatic hydroxyl groups is 1. The maximum Gasteiger partial charge on any atom is 0.309 e. The highest BCUT2D eigenvalue weighted by molar-refractivity contribution is 5.88. The van der Waals surface area contributed by atoms with Crippen LogP contribution in [0, 0.1) is 11.6 Å². The maximum absolute atomic E-state index is 14.9. The lowest BCUT2D eigenvalue weighted by Gasteiger charge is -2.26. The fourth-order valence-electron chi connectivity index (χ4n) is 5.05. The van der Waals surface area contributed by atoms with Crippen molar-refractivity contribution in [2.24, 2.45) is 0 Å². The van der Waals surface area contributed by atoms with Crippen LogP contribution >= 0.6 is 0 Å². The number of halogens is 2. The number of fused-ring (bicyclic) bond motifs is 5. The molecule has 33 heavy (non-hydrogen) atoms. The normalized spacial score (nSPS) is 19.1. The summed E-state index contributed by atoms with van der Waals surface area (Å²) in [6.07, 6.45) is 2.22. The molecule has 1 atom stereocenters. The van der Waals surface area contributed by atoms with E-state index in [-0.39, 0.29) is 48.0 Å². The molecular formula is C25H24F2N2O4. The van der Waals surface area contributed by atoms with E-state index in [9.17, 15) is 23.5 Å². The van der Waals surface area contributed by atoms with Crippen LogP contribution in [0.15, 0.2) is 23.0 Å². The van der Waals surface area contributed by atoms with Gasteiger partial charge in [-0.3, -0.25) is 9.59 Å². The number of ether oxygens (including phenoxy) is 1. The molecule has 1 aromatic carbocycles. The molecule has 0 saturated heterocycles. The van der Waals surface area contributed by atoms with E-state index in [0.29, 0.717) is 23.4 Å². The molecule has 2 aliphatic rings. The smallest absolute Gasteiger partial charge is 0.309 e. The minimum Gasteiger partial charge on any atom is -0.460 e. The van der Waals surface area contributed by atoms with Gasteiger partial charge in [0.05, 0.1) is 35.4 Å². The van der Waals surface area contributed by atoms with E-state index >= 15 is 0 Å². The topological polar surface area (TPSA) is 81.4 Å². The monoisotopic (exact) mass is 454 g/mol. The van der Waals surface area contributed by atoms with Gasteiger partial charge in [-0.2, -0.15) is 0 Å². The molecule has 0 aliphatic carbocycles. The largest absolute Gasteiger partial charge is 0.460 e. The number of cyclic esters (lactones) is 1. The Morgan fingerprint density at radius 1 is 1.18 bits per heavy atom. The summed E-state index contributed by atoms with van der Waals surface area (Å²) in [7, 11) is 0. The number of carbonyl (C=O) groups is 1. The first kappa shape index (κ1) is 21.7. The minimum absolute atomic E-state index is 0.189. The van der Waals surface area contributed by atoms with Crippen molar-refractivity contribution in [1.29, 1.82) is 0 Å². The third-order valence-corrected chi connectivity index (χ3v) is 6.86. The number of hydrogen-bond acceptors (Lipinski definition) is 5. The number of rotatable bonds is 4. The highest BCUT2D eigenvalue weighted by atomic mass is 19.1. The fraction of sp³-hybridized carbons (Fsp3) is 0.400. The van der Waals surface area contributed by atoms with Gasteiger partial charge >= 0.3 is 5.97 Å². The lowest BCUT2D eigenvalue weighted by Crippen LogP contribution is -2.32. The molecule has 172 valence electrons. The van der Waals surface area contributed by atoms with E-state index < -0.39 is 23.2 Å². The van der Waals surface area contributed by atoms with Gasteiger partial charge in [-0.25, -0.2) is 13.8 Å². The molecule has 0 bridgehead atoms. The standard InChI is InChI=1S/C25H24F2N2O4/c1-3-5-6-14-15-11-29-20(23(15)28-19-8-13(26)7-18(27)22(14)19)9-17-16(24(29)31)12-33-21(30)10-25(17,32)4-2/h7-9,32H,3-6,10-12H2,1-2H3/t25-/m1/s1. The van der Waals surface area contributed by atoms with Gasteiger partial charge in [0.2, 0.25) is 0 Å². The molecule has 1 N–H and O–H groups in total. The van der Waals surface area contributed by atoms with Gasteiger partial charge in [-0.1, -0.05) is 20.3 Å². The molecule has 2 aromatic heterocycles. The average Bonchev–Trinajstić information content (AvgIpc) is 3.07. The van der Waals surface area contributed by atoms with Crippen molar-refractivity contribution in [3.05, 3.63) is 62.4 Å². The second kappa shape index (κ2) is 7.73.